The number of piperidine rings is 1. The zero-order valence-electron chi connectivity index (χ0n) is 12.3. The van der Waals surface area contributed by atoms with E-state index in [0.29, 0.717) is 6.04 Å². The molecule has 3 nitrogen and oxygen atoms in total. The first kappa shape index (κ1) is 14.4. The summed E-state index contributed by atoms with van der Waals surface area (Å²) in [4.78, 5) is 4.87. The Hall–Kier alpha value is -1.06. The molecule has 3 heteroatoms. The molecule has 0 spiro atoms. The standard InChI is InChI=1S/C16H27N3/c1-3-14-4-6-16(7-5-14)18(2)12-13-19-10-8-15(17)9-11-19/h4-7,15H,3,8-13,17H2,1-2H3. The summed E-state index contributed by atoms with van der Waals surface area (Å²) in [6, 6.07) is 9.34. The molecule has 0 radical (unpaired) electrons. The average molecular weight is 261 g/mol. The van der Waals surface area contributed by atoms with Crippen molar-refractivity contribution in [3.8, 4) is 0 Å². The van der Waals surface area contributed by atoms with E-state index in [1.807, 2.05) is 0 Å². The van der Waals surface area contributed by atoms with Gasteiger partial charge in [-0.05, 0) is 50.0 Å². The lowest BCUT2D eigenvalue weighted by molar-refractivity contribution is 0.218. The summed E-state index contributed by atoms with van der Waals surface area (Å²) in [5.74, 6) is 0. The second-order valence-corrected chi connectivity index (χ2v) is 5.62. The Kier molecular flexibility index (Phi) is 5.23. The summed E-state index contributed by atoms with van der Waals surface area (Å²) in [5.41, 5.74) is 8.65. The Bertz CT molecular complexity index is 366. The van der Waals surface area contributed by atoms with Crippen LogP contribution in [0, 0.1) is 0 Å². The summed E-state index contributed by atoms with van der Waals surface area (Å²) in [6.07, 6.45) is 3.40. The maximum Gasteiger partial charge on any atom is 0.0364 e. The fourth-order valence-electron chi connectivity index (χ4n) is 2.58. The molecule has 0 aliphatic carbocycles. The molecule has 1 heterocycles. The lowest BCUT2D eigenvalue weighted by Crippen LogP contribution is -2.42. The fourth-order valence-corrected chi connectivity index (χ4v) is 2.58. The van der Waals surface area contributed by atoms with E-state index in [4.69, 9.17) is 5.73 Å². The smallest absolute Gasteiger partial charge is 0.0364 e. The molecule has 1 saturated heterocycles. The van der Waals surface area contributed by atoms with Gasteiger partial charge in [-0.3, -0.25) is 0 Å². The molecule has 0 saturated carbocycles. The van der Waals surface area contributed by atoms with Crippen molar-refractivity contribution in [3.05, 3.63) is 29.8 Å². The molecule has 106 valence electrons. The van der Waals surface area contributed by atoms with Crippen molar-refractivity contribution in [2.24, 2.45) is 5.73 Å². The Morgan fingerprint density at radius 3 is 2.42 bits per heavy atom. The molecule has 0 amide bonds. The van der Waals surface area contributed by atoms with Crippen LogP contribution in [0.15, 0.2) is 24.3 Å². The van der Waals surface area contributed by atoms with E-state index in [-0.39, 0.29) is 0 Å². The molecule has 1 fully saturated rings. The zero-order valence-corrected chi connectivity index (χ0v) is 12.3. The summed E-state index contributed by atoms with van der Waals surface area (Å²) < 4.78 is 0. The minimum atomic E-state index is 0.426. The summed E-state index contributed by atoms with van der Waals surface area (Å²) >= 11 is 0. The highest BCUT2D eigenvalue weighted by Crippen LogP contribution is 2.14. The Labute approximate surface area is 117 Å². The molecular formula is C16H27N3. The molecule has 2 rings (SSSR count). The first-order valence-corrected chi connectivity index (χ1v) is 7.47. The van der Waals surface area contributed by atoms with Crippen LogP contribution in [0.4, 0.5) is 5.69 Å². The van der Waals surface area contributed by atoms with Gasteiger partial charge in [0.15, 0.2) is 0 Å². The van der Waals surface area contributed by atoms with Gasteiger partial charge in [-0.2, -0.15) is 0 Å². The largest absolute Gasteiger partial charge is 0.373 e. The number of rotatable bonds is 5. The lowest BCUT2D eigenvalue weighted by atomic mass is 10.1. The first-order chi connectivity index (χ1) is 9.19. The number of likely N-dealkylation sites (N-methyl/N-ethyl adjacent to an activating group) is 1. The zero-order chi connectivity index (χ0) is 13.7. The van der Waals surface area contributed by atoms with Crippen LogP contribution in [-0.2, 0) is 6.42 Å². The van der Waals surface area contributed by atoms with Crippen LogP contribution >= 0.6 is 0 Å². The van der Waals surface area contributed by atoms with Crippen LogP contribution in [0.3, 0.4) is 0 Å². The van der Waals surface area contributed by atoms with Crippen molar-refractivity contribution in [2.75, 3.05) is 38.1 Å². The summed E-state index contributed by atoms with van der Waals surface area (Å²) in [6.45, 7) is 6.73. The third-order valence-corrected chi connectivity index (χ3v) is 4.17. The molecule has 1 aromatic carbocycles. The lowest BCUT2D eigenvalue weighted by Gasteiger charge is -2.31. The highest BCUT2D eigenvalue weighted by Gasteiger charge is 2.15. The monoisotopic (exact) mass is 261 g/mol. The number of hydrogen-bond donors (Lipinski definition) is 1. The van der Waals surface area contributed by atoms with Crippen molar-refractivity contribution in [1.29, 1.82) is 0 Å². The summed E-state index contributed by atoms with van der Waals surface area (Å²) in [7, 11) is 2.18. The third-order valence-electron chi connectivity index (χ3n) is 4.17. The quantitative estimate of drug-likeness (QED) is 0.881. The maximum absolute atomic E-state index is 5.93. The molecule has 2 N–H and O–H groups in total. The number of aryl methyl sites for hydroxylation is 1. The molecule has 0 bridgehead atoms. The van der Waals surface area contributed by atoms with E-state index >= 15 is 0 Å². The van der Waals surface area contributed by atoms with Crippen LogP contribution in [0.2, 0.25) is 0 Å². The third kappa shape index (κ3) is 4.22. The Morgan fingerprint density at radius 1 is 1.21 bits per heavy atom. The molecule has 1 aromatic rings. The summed E-state index contributed by atoms with van der Waals surface area (Å²) in [5, 5.41) is 0. The van der Waals surface area contributed by atoms with E-state index < -0.39 is 0 Å². The van der Waals surface area contributed by atoms with Gasteiger partial charge in [0.2, 0.25) is 0 Å². The highest BCUT2D eigenvalue weighted by molar-refractivity contribution is 5.46. The molecular weight excluding hydrogens is 234 g/mol. The van der Waals surface area contributed by atoms with Crippen LogP contribution in [0.25, 0.3) is 0 Å². The van der Waals surface area contributed by atoms with Gasteiger partial charge in [-0.15, -0.1) is 0 Å². The average Bonchev–Trinajstić information content (AvgIpc) is 2.46. The van der Waals surface area contributed by atoms with Crippen LogP contribution in [-0.4, -0.2) is 44.2 Å². The predicted molar refractivity (Wildman–Crippen MR) is 82.7 cm³/mol. The topological polar surface area (TPSA) is 32.5 Å². The number of hydrogen-bond acceptors (Lipinski definition) is 3. The second-order valence-electron chi connectivity index (χ2n) is 5.62. The van der Waals surface area contributed by atoms with Gasteiger partial charge >= 0.3 is 0 Å². The van der Waals surface area contributed by atoms with E-state index in [1.54, 1.807) is 0 Å². The van der Waals surface area contributed by atoms with Gasteiger partial charge in [0, 0.05) is 31.9 Å². The van der Waals surface area contributed by atoms with E-state index in [0.717, 1.165) is 45.4 Å². The van der Waals surface area contributed by atoms with Gasteiger partial charge < -0.3 is 15.5 Å². The number of likely N-dealkylation sites (tertiary alicyclic amines) is 1. The minimum Gasteiger partial charge on any atom is -0.373 e. The van der Waals surface area contributed by atoms with Crippen molar-refractivity contribution in [2.45, 2.75) is 32.2 Å². The first-order valence-electron chi connectivity index (χ1n) is 7.47. The van der Waals surface area contributed by atoms with E-state index in [9.17, 15) is 0 Å². The number of benzene rings is 1. The molecule has 1 aliphatic rings. The van der Waals surface area contributed by atoms with Gasteiger partial charge in [0.05, 0.1) is 0 Å². The van der Waals surface area contributed by atoms with Crippen LogP contribution < -0.4 is 10.6 Å². The number of anilines is 1. The van der Waals surface area contributed by atoms with Crippen molar-refractivity contribution < 1.29 is 0 Å². The van der Waals surface area contributed by atoms with Crippen LogP contribution in [0.5, 0.6) is 0 Å². The predicted octanol–water partition coefficient (Wildman–Crippen LogP) is 2.11. The number of nitrogens with two attached hydrogens (primary N) is 1. The van der Waals surface area contributed by atoms with Gasteiger partial charge in [0.1, 0.15) is 0 Å². The fraction of sp³-hybridized carbons (Fsp3) is 0.625. The molecule has 1 aliphatic heterocycles. The van der Waals surface area contributed by atoms with Gasteiger partial charge in [-0.1, -0.05) is 19.1 Å². The van der Waals surface area contributed by atoms with Crippen molar-refractivity contribution in [1.82, 2.24) is 4.90 Å². The van der Waals surface area contributed by atoms with Gasteiger partial charge in [0.25, 0.3) is 0 Å². The van der Waals surface area contributed by atoms with E-state index in [2.05, 4.69) is 48.0 Å². The minimum absolute atomic E-state index is 0.426. The van der Waals surface area contributed by atoms with Crippen molar-refractivity contribution in [3.63, 3.8) is 0 Å². The second kappa shape index (κ2) is 6.92. The molecule has 0 atom stereocenters. The molecule has 0 aromatic heterocycles. The normalized spacial score (nSPS) is 17.6. The molecule has 19 heavy (non-hydrogen) atoms. The SMILES string of the molecule is CCc1ccc(N(C)CCN2CCC(N)CC2)cc1. The maximum atomic E-state index is 5.93. The van der Waals surface area contributed by atoms with Crippen LogP contribution in [0.1, 0.15) is 25.3 Å². The van der Waals surface area contributed by atoms with Crippen molar-refractivity contribution >= 4 is 5.69 Å². The molecule has 0 unspecified atom stereocenters. The van der Waals surface area contributed by atoms with Gasteiger partial charge in [-0.25, -0.2) is 0 Å². The highest BCUT2D eigenvalue weighted by atomic mass is 15.2. The Balaban J connectivity index is 1.78. The number of nitrogens with zero attached hydrogens (tertiary/aromatic N) is 2. The Morgan fingerprint density at radius 2 is 1.84 bits per heavy atom. The van der Waals surface area contributed by atoms with E-state index in [1.165, 1.54) is 11.3 Å².